The van der Waals surface area contributed by atoms with E-state index in [1.165, 1.54) is 0 Å². The molecule has 3 N–H and O–H groups in total. The Balaban J connectivity index is 2.06. The Bertz CT molecular complexity index is 406. The van der Waals surface area contributed by atoms with Gasteiger partial charge in [-0.05, 0) is 12.1 Å². The summed E-state index contributed by atoms with van der Waals surface area (Å²) in [7, 11) is 0. The molecule has 0 aliphatic carbocycles. The fourth-order valence-corrected chi connectivity index (χ4v) is 1.67. The number of aliphatic hydroxyl groups is 3. The molecule has 1 saturated heterocycles. The standard InChI is InChI=1S/C12H14O6/c13-8-6-17-12(16)10(9(8)14)18-11(15)7-4-2-1-3-5-7/h1-5,8-10,12-14,16H,6H2/t8-,9+,10-,12+/m1/s1. The van der Waals surface area contributed by atoms with E-state index in [0.29, 0.717) is 0 Å². The van der Waals surface area contributed by atoms with Gasteiger partial charge in [0.2, 0.25) is 0 Å². The van der Waals surface area contributed by atoms with Gasteiger partial charge in [0.25, 0.3) is 0 Å². The second-order valence-corrected chi connectivity index (χ2v) is 4.02. The van der Waals surface area contributed by atoms with Crippen molar-refractivity contribution in [3.63, 3.8) is 0 Å². The highest BCUT2D eigenvalue weighted by Crippen LogP contribution is 2.18. The van der Waals surface area contributed by atoms with Crippen LogP contribution in [0.1, 0.15) is 10.4 Å². The molecule has 0 bridgehead atoms. The molecule has 1 aliphatic rings. The third-order valence-electron chi connectivity index (χ3n) is 2.70. The number of aliphatic hydroxyl groups excluding tert-OH is 3. The highest BCUT2D eigenvalue weighted by Gasteiger charge is 2.40. The Kier molecular flexibility index (Phi) is 3.93. The molecule has 0 saturated carbocycles. The number of benzene rings is 1. The van der Waals surface area contributed by atoms with Gasteiger partial charge in [0, 0.05) is 0 Å². The lowest BCUT2D eigenvalue weighted by molar-refractivity contribution is -0.251. The summed E-state index contributed by atoms with van der Waals surface area (Å²) in [4.78, 5) is 11.7. The number of rotatable bonds is 2. The van der Waals surface area contributed by atoms with Gasteiger partial charge in [-0.1, -0.05) is 18.2 Å². The van der Waals surface area contributed by atoms with E-state index in [1.54, 1.807) is 30.3 Å². The molecule has 1 aromatic rings. The Labute approximate surface area is 103 Å². The van der Waals surface area contributed by atoms with E-state index in [-0.39, 0.29) is 12.2 Å². The zero-order valence-corrected chi connectivity index (χ0v) is 9.47. The van der Waals surface area contributed by atoms with Crippen LogP contribution in [0.25, 0.3) is 0 Å². The zero-order valence-electron chi connectivity index (χ0n) is 9.47. The highest BCUT2D eigenvalue weighted by molar-refractivity contribution is 5.89. The van der Waals surface area contributed by atoms with Crippen molar-refractivity contribution in [1.82, 2.24) is 0 Å². The van der Waals surface area contributed by atoms with Crippen LogP contribution in [0.4, 0.5) is 0 Å². The van der Waals surface area contributed by atoms with E-state index in [1.807, 2.05) is 0 Å². The van der Waals surface area contributed by atoms with E-state index >= 15 is 0 Å². The molecule has 0 amide bonds. The lowest BCUT2D eigenvalue weighted by Gasteiger charge is -2.34. The van der Waals surface area contributed by atoms with Gasteiger partial charge in [0.05, 0.1) is 12.2 Å². The first-order valence-corrected chi connectivity index (χ1v) is 5.51. The normalized spacial score (nSPS) is 31.9. The third kappa shape index (κ3) is 2.68. The fourth-order valence-electron chi connectivity index (χ4n) is 1.67. The molecule has 6 heteroatoms. The molecule has 0 radical (unpaired) electrons. The van der Waals surface area contributed by atoms with Crippen LogP contribution in [-0.4, -0.2) is 52.5 Å². The maximum Gasteiger partial charge on any atom is 0.338 e. The molecule has 1 heterocycles. The second kappa shape index (κ2) is 5.45. The number of esters is 1. The molecule has 6 nitrogen and oxygen atoms in total. The van der Waals surface area contributed by atoms with Crippen molar-refractivity contribution in [2.24, 2.45) is 0 Å². The lowest BCUT2D eigenvalue weighted by Crippen LogP contribution is -2.54. The number of hydrogen-bond acceptors (Lipinski definition) is 6. The summed E-state index contributed by atoms with van der Waals surface area (Å²) in [6.07, 6.45) is -5.32. The Morgan fingerprint density at radius 3 is 2.56 bits per heavy atom. The van der Waals surface area contributed by atoms with Crippen molar-refractivity contribution in [3.8, 4) is 0 Å². The monoisotopic (exact) mass is 254 g/mol. The first kappa shape index (κ1) is 13.0. The number of carbonyl (C=O) groups is 1. The minimum atomic E-state index is -1.45. The largest absolute Gasteiger partial charge is 0.450 e. The van der Waals surface area contributed by atoms with Crippen molar-refractivity contribution in [2.45, 2.75) is 24.6 Å². The molecule has 4 atom stereocenters. The number of carbonyl (C=O) groups excluding carboxylic acids is 1. The molecule has 0 spiro atoms. The molecule has 1 aliphatic heterocycles. The van der Waals surface area contributed by atoms with Crippen molar-refractivity contribution in [1.29, 1.82) is 0 Å². The summed E-state index contributed by atoms with van der Waals surface area (Å²) in [6, 6.07) is 8.15. The molecular weight excluding hydrogens is 240 g/mol. The average molecular weight is 254 g/mol. The Hall–Kier alpha value is -1.47. The quantitative estimate of drug-likeness (QED) is 0.603. The molecule has 18 heavy (non-hydrogen) atoms. The van der Waals surface area contributed by atoms with Crippen LogP contribution in [0.5, 0.6) is 0 Å². The topological polar surface area (TPSA) is 96.2 Å². The van der Waals surface area contributed by atoms with Gasteiger partial charge in [-0.3, -0.25) is 0 Å². The van der Waals surface area contributed by atoms with Crippen LogP contribution in [0, 0.1) is 0 Å². The van der Waals surface area contributed by atoms with E-state index in [0.717, 1.165) is 0 Å². The van der Waals surface area contributed by atoms with Crippen LogP contribution in [0.3, 0.4) is 0 Å². The molecule has 1 aromatic carbocycles. The first-order chi connectivity index (χ1) is 8.59. The van der Waals surface area contributed by atoms with Gasteiger partial charge in [-0.25, -0.2) is 4.79 Å². The molecule has 98 valence electrons. The van der Waals surface area contributed by atoms with Crippen LogP contribution in [-0.2, 0) is 9.47 Å². The van der Waals surface area contributed by atoms with E-state index in [4.69, 9.17) is 9.47 Å². The van der Waals surface area contributed by atoms with Crippen molar-refractivity contribution in [2.75, 3.05) is 6.61 Å². The van der Waals surface area contributed by atoms with Gasteiger partial charge in [0.15, 0.2) is 12.4 Å². The van der Waals surface area contributed by atoms with Crippen LogP contribution < -0.4 is 0 Å². The van der Waals surface area contributed by atoms with Gasteiger partial charge in [-0.15, -0.1) is 0 Å². The summed E-state index contributed by atoms with van der Waals surface area (Å²) >= 11 is 0. The molecule has 2 rings (SSSR count). The second-order valence-electron chi connectivity index (χ2n) is 4.02. The van der Waals surface area contributed by atoms with Gasteiger partial charge in [0.1, 0.15) is 12.2 Å². The zero-order chi connectivity index (χ0) is 13.1. The molecular formula is C12H14O6. The maximum absolute atomic E-state index is 11.7. The smallest absolute Gasteiger partial charge is 0.338 e. The van der Waals surface area contributed by atoms with Crippen molar-refractivity contribution >= 4 is 5.97 Å². The van der Waals surface area contributed by atoms with Gasteiger partial charge < -0.3 is 24.8 Å². The predicted octanol–water partition coefficient (Wildman–Crippen LogP) is -0.718. The minimum Gasteiger partial charge on any atom is -0.450 e. The van der Waals surface area contributed by atoms with Crippen LogP contribution in [0.15, 0.2) is 30.3 Å². The fraction of sp³-hybridized carbons (Fsp3) is 0.417. The first-order valence-electron chi connectivity index (χ1n) is 5.51. The Morgan fingerprint density at radius 1 is 1.22 bits per heavy atom. The highest BCUT2D eigenvalue weighted by atomic mass is 16.7. The van der Waals surface area contributed by atoms with Crippen molar-refractivity contribution < 1.29 is 29.6 Å². The molecule has 1 fully saturated rings. The SMILES string of the molecule is O=C(O[C@@H]1[C@@H](O)[C@H](O)CO[C@@H]1O)c1ccccc1. The van der Waals surface area contributed by atoms with Gasteiger partial charge in [-0.2, -0.15) is 0 Å². The van der Waals surface area contributed by atoms with E-state index in [2.05, 4.69) is 0 Å². The number of ether oxygens (including phenoxy) is 2. The van der Waals surface area contributed by atoms with E-state index in [9.17, 15) is 20.1 Å². The van der Waals surface area contributed by atoms with Crippen LogP contribution >= 0.6 is 0 Å². The Morgan fingerprint density at radius 2 is 1.89 bits per heavy atom. The average Bonchev–Trinajstić information content (AvgIpc) is 2.40. The third-order valence-corrected chi connectivity index (χ3v) is 2.70. The number of hydrogen-bond donors (Lipinski definition) is 3. The summed E-state index contributed by atoms with van der Waals surface area (Å²) in [5, 5.41) is 28.5. The minimum absolute atomic E-state index is 0.207. The summed E-state index contributed by atoms with van der Waals surface area (Å²) in [5.41, 5.74) is 0.289. The maximum atomic E-state index is 11.7. The lowest BCUT2D eigenvalue weighted by atomic mass is 10.1. The van der Waals surface area contributed by atoms with Crippen molar-refractivity contribution in [3.05, 3.63) is 35.9 Å². The van der Waals surface area contributed by atoms with E-state index < -0.39 is 30.6 Å². The molecule has 0 unspecified atom stereocenters. The summed E-state index contributed by atoms with van der Waals surface area (Å²) in [6.45, 7) is -0.207. The van der Waals surface area contributed by atoms with Crippen LogP contribution in [0.2, 0.25) is 0 Å². The molecule has 0 aromatic heterocycles. The predicted molar refractivity (Wildman–Crippen MR) is 59.6 cm³/mol. The van der Waals surface area contributed by atoms with Gasteiger partial charge >= 0.3 is 5.97 Å². The summed E-state index contributed by atoms with van der Waals surface area (Å²) in [5.74, 6) is -0.698. The summed E-state index contributed by atoms with van der Waals surface area (Å²) < 4.78 is 9.73.